The van der Waals surface area contributed by atoms with Gasteiger partial charge >= 0.3 is 0 Å². The maximum atomic E-state index is 13.4. The van der Waals surface area contributed by atoms with E-state index in [-0.39, 0.29) is 5.83 Å². The molecule has 1 saturated carbocycles. The van der Waals surface area contributed by atoms with Gasteiger partial charge in [0, 0.05) is 6.42 Å². The van der Waals surface area contributed by atoms with Gasteiger partial charge < -0.3 is 0 Å². The Balaban J connectivity index is 1.85. The van der Waals surface area contributed by atoms with E-state index in [1.165, 1.54) is 29.6 Å². The molecule has 2 aliphatic carbocycles. The predicted molar refractivity (Wildman–Crippen MR) is 77.5 cm³/mol. The van der Waals surface area contributed by atoms with Crippen molar-refractivity contribution in [3.8, 4) is 0 Å². The number of fused-ring (bicyclic) bond motifs is 1. The van der Waals surface area contributed by atoms with Crippen LogP contribution in [0.4, 0.5) is 4.39 Å². The Bertz CT molecular complexity index is 534. The lowest BCUT2D eigenvalue weighted by Crippen LogP contribution is -2.15. The Morgan fingerprint density at radius 3 is 2.79 bits per heavy atom. The van der Waals surface area contributed by atoms with Crippen molar-refractivity contribution in [3.05, 3.63) is 71.1 Å². The maximum absolute atomic E-state index is 13.4. The van der Waals surface area contributed by atoms with Gasteiger partial charge in [-0.15, -0.1) is 0 Å². The molecule has 0 radical (unpaired) electrons. The van der Waals surface area contributed by atoms with Crippen LogP contribution in [0.15, 0.2) is 65.5 Å². The van der Waals surface area contributed by atoms with Crippen LogP contribution in [0.25, 0.3) is 0 Å². The molecule has 1 fully saturated rings. The lowest BCUT2D eigenvalue weighted by molar-refractivity contribution is 0.498. The molecule has 0 amide bonds. The molecular formula is C18H19F. The summed E-state index contributed by atoms with van der Waals surface area (Å²) in [6, 6.07) is 10.6. The topological polar surface area (TPSA) is 0 Å². The molecule has 2 aliphatic rings. The van der Waals surface area contributed by atoms with Gasteiger partial charge in [0.25, 0.3) is 0 Å². The van der Waals surface area contributed by atoms with E-state index in [0.29, 0.717) is 12.3 Å². The van der Waals surface area contributed by atoms with Crippen molar-refractivity contribution in [1.29, 1.82) is 0 Å². The van der Waals surface area contributed by atoms with Gasteiger partial charge in [-0.3, -0.25) is 0 Å². The highest BCUT2D eigenvalue weighted by molar-refractivity contribution is 5.41. The van der Waals surface area contributed by atoms with Gasteiger partial charge in [0.2, 0.25) is 0 Å². The minimum absolute atomic E-state index is 0.0205. The highest BCUT2D eigenvalue weighted by Gasteiger charge is 2.23. The van der Waals surface area contributed by atoms with Crippen LogP contribution in [0.2, 0.25) is 0 Å². The first-order valence-corrected chi connectivity index (χ1v) is 7.12. The van der Waals surface area contributed by atoms with Crippen LogP contribution in [0.5, 0.6) is 0 Å². The number of rotatable bonds is 2. The predicted octanol–water partition coefficient (Wildman–Crippen LogP) is 5.14. The van der Waals surface area contributed by atoms with Gasteiger partial charge in [-0.25, -0.2) is 4.39 Å². The molecule has 0 saturated heterocycles. The van der Waals surface area contributed by atoms with Crippen molar-refractivity contribution in [2.24, 2.45) is 5.92 Å². The van der Waals surface area contributed by atoms with Gasteiger partial charge in [0.05, 0.1) is 0 Å². The molecule has 0 aromatic heterocycles. The van der Waals surface area contributed by atoms with Crippen molar-refractivity contribution >= 4 is 0 Å². The van der Waals surface area contributed by atoms with Crippen LogP contribution in [-0.4, -0.2) is 0 Å². The number of hydrogen-bond donors (Lipinski definition) is 0. The summed E-state index contributed by atoms with van der Waals surface area (Å²) in [4.78, 5) is 0. The van der Waals surface area contributed by atoms with Crippen molar-refractivity contribution in [1.82, 2.24) is 0 Å². The number of benzene rings is 1. The van der Waals surface area contributed by atoms with Gasteiger partial charge in [-0.05, 0) is 54.4 Å². The van der Waals surface area contributed by atoms with Crippen LogP contribution in [0.3, 0.4) is 0 Å². The summed E-state index contributed by atoms with van der Waals surface area (Å²) < 4.78 is 13.4. The minimum atomic E-state index is -0.0205. The number of allylic oxidation sites excluding steroid dienone is 6. The fraction of sp³-hybridized carbons (Fsp3) is 0.333. The maximum Gasteiger partial charge on any atom is 0.104 e. The third-order valence-electron chi connectivity index (χ3n) is 4.12. The van der Waals surface area contributed by atoms with Crippen LogP contribution < -0.4 is 0 Å². The summed E-state index contributed by atoms with van der Waals surface area (Å²) in [5.41, 5.74) is 4.11. The monoisotopic (exact) mass is 254 g/mol. The van der Waals surface area contributed by atoms with Crippen molar-refractivity contribution in [2.45, 2.75) is 32.1 Å². The average molecular weight is 254 g/mol. The molecule has 1 aromatic carbocycles. The van der Waals surface area contributed by atoms with Crippen LogP contribution in [0.1, 0.15) is 31.2 Å². The van der Waals surface area contributed by atoms with E-state index in [1.807, 2.05) is 6.08 Å². The quantitative estimate of drug-likeness (QED) is 0.685. The first-order valence-electron chi connectivity index (χ1n) is 7.12. The van der Waals surface area contributed by atoms with E-state index >= 15 is 0 Å². The van der Waals surface area contributed by atoms with E-state index in [2.05, 4.69) is 36.4 Å². The third kappa shape index (κ3) is 2.86. The van der Waals surface area contributed by atoms with Crippen LogP contribution in [0, 0.1) is 5.92 Å². The summed E-state index contributed by atoms with van der Waals surface area (Å²) in [6.45, 7) is 0. The Labute approximate surface area is 114 Å². The van der Waals surface area contributed by atoms with E-state index < -0.39 is 0 Å². The molecule has 0 aliphatic heterocycles. The molecule has 1 heteroatoms. The lowest BCUT2D eigenvalue weighted by atomic mass is 9.77. The molecule has 3 rings (SSSR count). The van der Waals surface area contributed by atoms with Crippen LogP contribution >= 0.6 is 0 Å². The van der Waals surface area contributed by atoms with Crippen molar-refractivity contribution in [2.75, 3.05) is 0 Å². The highest BCUT2D eigenvalue weighted by Crippen LogP contribution is 2.37. The summed E-state index contributed by atoms with van der Waals surface area (Å²) in [6.07, 6.45) is 10.8. The molecule has 0 heterocycles. The van der Waals surface area contributed by atoms with Gasteiger partial charge in [0.1, 0.15) is 5.83 Å². The standard InChI is InChI=1S/C18H19F/c19-17-10-9-15-7-4-8-16(18(15)12-11-17)13-14-5-2-1-3-6-14/h1-3,5-6,9,11-12,16H,4,7-8,10,13H2. The zero-order valence-corrected chi connectivity index (χ0v) is 11.1. The second-order valence-electron chi connectivity index (χ2n) is 5.45. The first-order chi connectivity index (χ1) is 9.33. The smallest absolute Gasteiger partial charge is 0.104 e. The molecular weight excluding hydrogens is 235 g/mol. The SMILES string of the molecule is FC1=CC=C2C(=CC1)CCCC2Cc1ccccc1. The van der Waals surface area contributed by atoms with E-state index in [1.54, 1.807) is 6.08 Å². The lowest BCUT2D eigenvalue weighted by Gasteiger charge is -2.27. The second-order valence-corrected chi connectivity index (χ2v) is 5.45. The molecule has 0 nitrogen and oxygen atoms in total. The van der Waals surface area contributed by atoms with Gasteiger partial charge in [-0.2, -0.15) is 0 Å². The Hall–Kier alpha value is -1.63. The normalized spacial score (nSPS) is 22.8. The molecule has 98 valence electrons. The summed E-state index contributed by atoms with van der Waals surface area (Å²) in [7, 11) is 0. The van der Waals surface area contributed by atoms with E-state index in [9.17, 15) is 4.39 Å². The number of halogens is 1. The number of hydrogen-bond acceptors (Lipinski definition) is 0. The first kappa shape index (κ1) is 12.4. The molecule has 1 atom stereocenters. The molecule has 1 aromatic rings. The molecule has 0 spiro atoms. The Kier molecular flexibility index (Phi) is 3.63. The van der Waals surface area contributed by atoms with Gasteiger partial charge in [-0.1, -0.05) is 42.5 Å². The molecule has 0 N–H and O–H groups in total. The second kappa shape index (κ2) is 5.56. The highest BCUT2D eigenvalue weighted by atomic mass is 19.1. The van der Waals surface area contributed by atoms with Crippen molar-refractivity contribution in [3.63, 3.8) is 0 Å². The minimum Gasteiger partial charge on any atom is -0.211 e. The molecule has 19 heavy (non-hydrogen) atoms. The summed E-state index contributed by atoms with van der Waals surface area (Å²) in [5, 5.41) is 0. The Morgan fingerprint density at radius 2 is 1.95 bits per heavy atom. The molecule has 1 unspecified atom stereocenters. The van der Waals surface area contributed by atoms with E-state index in [0.717, 1.165) is 12.8 Å². The zero-order chi connectivity index (χ0) is 13.1. The average Bonchev–Trinajstić information content (AvgIpc) is 2.63. The fourth-order valence-electron chi connectivity index (χ4n) is 3.14. The third-order valence-corrected chi connectivity index (χ3v) is 4.12. The van der Waals surface area contributed by atoms with Crippen LogP contribution in [-0.2, 0) is 6.42 Å². The summed E-state index contributed by atoms with van der Waals surface area (Å²) >= 11 is 0. The molecule has 0 bridgehead atoms. The van der Waals surface area contributed by atoms with Gasteiger partial charge in [0.15, 0.2) is 0 Å². The largest absolute Gasteiger partial charge is 0.211 e. The van der Waals surface area contributed by atoms with E-state index in [4.69, 9.17) is 0 Å². The Morgan fingerprint density at radius 1 is 1.11 bits per heavy atom. The van der Waals surface area contributed by atoms with Crippen molar-refractivity contribution < 1.29 is 4.39 Å². The zero-order valence-electron chi connectivity index (χ0n) is 11.1. The fourth-order valence-corrected chi connectivity index (χ4v) is 3.14. The summed E-state index contributed by atoms with van der Waals surface area (Å²) in [5.74, 6) is 0.525.